The van der Waals surface area contributed by atoms with E-state index in [1.54, 1.807) is 0 Å². The van der Waals surface area contributed by atoms with Crippen LogP contribution in [0.25, 0.3) is 0 Å². The van der Waals surface area contributed by atoms with Gasteiger partial charge in [-0.25, -0.2) is 0 Å². The summed E-state index contributed by atoms with van der Waals surface area (Å²) >= 11 is 0. The Morgan fingerprint density at radius 3 is 2.43 bits per heavy atom. The Bertz CT molecular complexity index is 180. The van der Waals surface area contributed by atoms with Crippen molar-refractivity contribution in [3.63, 3.8) is 0 Å². The van der Waals surface area contributed by atoms with Crippen molar-refractivity contribution in [2.75, 3.05) is 19.7 Å². The standard InChI is InChI=1S/C11H25NOSi/c1-11(2,3)14(4,5)13-9-10-6-7-12-8-10/h10,12H,6-9H2,1-5H3/t10-/m1/s1. The van der Waals surface area contributed by atoms with Gasteiger partial charge < -0.3 is 9.74 Å². The predicted molar refractivity (Wildman–Crippen MR) is 64.1 cm³/mol. The minimum Gasteiger partial charge on any atom is -0.416 e. The van der Waals surface area contributed by atoms with Crippen molar-refractivity contribution in [1.82, 2.24) is 5.32 Å². The first-order valence-electron chi connectivity index (χ1n) is 5.67. The van der Waals surface area contributed by atoms with Crippen LogP contribution in [-0.2, 0) is 4.43 Å². The maximum atomic E-state index is 6.18. The molecule has 0 saturated carbocycles. The molecule has 0 unspecified atom stereocenters. The fraction of sp³-hybridized carbons (Fsp3) is 1.00. The van der Waals surface area contributed by atoms with Crippen LogP contribution in [0.4, 0.5) is 0 Å². The van der Waals surface area contributed by atoms with E-state index in [-0.39, 0.29) is 0 Å². The molecule has 0 amide bonds. The molecule has 0 aromatic heterocycles. The van der Waals surface area contributed by atoms with Gasteiger partial charge in [-0.15, -0.1) is 0 Å². The number of hydrogen-bond acceptors (Lipinski definition) is 2. The summed E-state index contributed by atoms with van der Waals surface area (Å²) < 4.78 is 6.18. The molecule has 14 heavy (non-hydrogen) atoms. The van der Waals surface area contributed by atoms with Gasteiger partial charge in [0.25, 0.3) is 0 Å². The molecule has 0 aromatic carbocycles. The zero-order valence-electron chi connectivity index (χ0n) is 10.3. The Labute approximate surface area is 89.6 Å². The maximum Gasteiger partial charge on any atom is 0.191 e. The van der Waals surface area contributed by atoms with Crippen molar-refractivity contribution in [1.29, 1.82) is 0 Å². The third kappa shape index (κ3) is 3.07. The Hall–Kier alpha value is 0.137. The normalized spacial score (nSPS) is 24.2. The van der Waals surface area contributed by atoms with Crippen molar-refractivity contribution in [2.24, 2.45) is 5.92 Å². The van der Waals surface area contributed by atoms with Crippen LogP contribution in [0.3, 0.4) is 0 Å². The quantitative estimate of drug-likeness (QED) is 0.731. The van der Waals surface area contributed by atoms with Crippen LogP contribution in [0.5, 0.6) is 0 Å². The third-order valence-electron chi connectivity index (χ3n) is 3.65. The summed E-state index contributed by atoms with van der Waals surface area (Å²) in [6.07, 6.45) is 1.29. The van der Waals surface area contributed by atoms with Crippen LogP contribution >= 0.6 is 0 Å². The first-order chi connectivity index (χ1) is 6.33. The highest BCUT2D eigenvalue weighted by molar-refractivity contribution is 6.74. The molecular weight excluding hydrogens is 190 g/mol. The summed E-state index contributed by atoms with van der Waals surface area (Å²) in [4.78, 5) is 0. The molecule has 2 nitrogen and oxygen atoms in total. The smallest absolute Gasteiger partial charge is 0.191 e. The zero-order valence-corrected chi connectivity index (χ0v) is 11.3. The van der Waals surface area contributed by atoms with Crippen molar-refractivity contribution < 1.29 is 4.43 Å². The summed E-state index contributed by atoms with van der Waals surface area (Å²) in [5.74, 6) is 0.754. The average molecular weight is 215 g/mol. The van der Waals surface area contributed by atoms with Gasteiger partial charge in [-0.2, -0.15) is 0 Å². The Balaban J connectivity index is 2.35. The fourth-order valence-electron chi connectivity index (χ4n) is 1.40. The molecule has 1 rings (SSSR count). The number of hydrogen-bond donors (Lipinski definition) is 1. The van der Waals surface area contributed by atoms with Gasteiger partial charge in [0.05, 0.1) is 0 Å². The topological polar surface area (TPSA) is 21.3 Å². The van der Waals surface area contributed by atoms with E-state index >= 15 is 0 Å². The van der Waals surface area contributed by atoms with Crippen LogP contribution in [0.15, 0.2) is 0 Å². The summed E-state index contributed by atoms with van der Waals surface area (Å²) in [6.45, 7) is 14.8. The highest BCUT2D eigenvalue weighted by Gasteiger charge is 2.37. The molecular formula is C11H25NOSi. The lowest BCUT2D eigenvalue weighted by Gasteiger charge is -2.36. The molecule has 1 heterocycles. The van der Waals surface area contributed by atoms with Gasteiger partial charge in [0.1, 0.15) is 0 Å². The van der Waals surface area contributed by atoms with E-state index in [1.807, 2.05) is 0 Å². The number of rotatable bonds is 3. The maximum absolute atomic E-state index is 6.18. The van der Waals surface area contributed by atoms with Crippen LogP contribution in [0.2, 0.25) is 18.1 Å². The molecule has 0 bridgehead atoms. The molecule has 0 aliphatic carbocycles. The molecule has 1 aliphatic rings. The minimum atomic E-state index is -1.50. The van der Waals surface area contributed by atoms with Crippen LogP contribution in [0, 0.1) is 5.92 Å². The van der Waals surface area contributed by atoms with Gasteiger partial charge in [-0.05, 0) is 37.0 Å². The molecule has 1 fully saturated rings. The van der Waals surface area contributed by atoms with Gasteiger partial charge in [0, 0.05) is 13.2 Å². The summed E-state index contributed by atoms with van der Waals surface area (Å²) in [5.41, 5.74) is 0. The van der Waals surface area contributed by atoms with E-state index < -0.39 is 8.32 Å². The highest BCUT2D eigenvalue weighted by Crippen LogP contribution is 2.36. The van der Waals surface area contributed by atoms with Crippen molar-refractivity contribution in [3.8, 4) is 0 Å². The van der Waals surface area contributed by atoms with E-state index in [0.717, 1.165) is 19.1 Å². The zero-order chi connectivity index (χ0) is 10.8. The molecule has 0 aromatic rings. The Morgan fingerprint density at radius 2 is 2.00 bits per heavy atom. The van der Waals surface area contributed by atoms with E-state index in [1.165, 1.54) is 13.0 Å². The summed E-state index contributed by atoms with van der Waals surface area (Å²) in [7, 11) is -1.50. The predicted octanol–water partition coefficient (Wildman–Crippen LogP) is 2.62. The van der Waals surface area contributed by atoms with Gasteiger partial charge in [-0.3, -0.25) is 0 Å². The lowest BCUT2D eigenvalue weighted by Crippen LogP contribution is -2.42. The summed E-state index contributed by atoms with van der Waals surface area (Å²) in [5, 5.41) is 3.73. The largest absolute Gasteiger partial charge is 0.416 e. The van der Waals surface area contributed by atoms with Crippen molar-refractivity contribution in [2.45, 2.75) is 45.3 Å². The van der Waals surface area contributed by atoms with Crippen LogP contribution in [-0.4, -0.2) is 28.0 Å². The van der Waals surface area contributed by atoms with Crippen molar-refractivity contribution in [3.05, 3.63) is 0 Å². The van der Waals surface area contributed by atoms with Gasteiger partial charge in [0.2, 0.25) is 0 Å². The van der Waals surface area contributed by atoms with Gasteiger partial charge in [0.15, 0.2) is 8.32 Å². The first kappa shape index (κ1) is 12.2. The molecule has 1 aliphatic heterocycles. The van der Waals surface area contributed by atoms with Crippen LogP contribution < -0.4 is 5.32 Å². The second kappa shape index (κ2) is 4.33. The van der Waals surface area contributed by atoms with Crippen molar-refractivity contribution >= 4 is 8.32 Å². The van der Waals surface area contributed by atoms with Gasteiger partial charge in [-0.1, -0.05) is 20.8 Å². The SMILES string of the molecule is CC(C)(C)[Si](C)(C)OC[C@@H]1CCNC1. The highest BCUT2D eigenvalue weighted by atomic mass is 28.4. The molecule has 1 atom stereocenters. The Kier molecular flexibility index (Phi) is 3.78. The van der Waals surface area contributed by atoms with E-state index in [9.17, 15) is 0 Å². The van der Waals surface area contributed by atoms with Gasteiger partial charge >= 0.3 is 0 Å². The second-order valence-corrected chi connectivity index (χ2v) is 10.7. The number of nitrogens with one attached hydrogen (secondary N) is 1. The fourth-order valence-corrected chi connectivity index (χ4v) is 2.48. The molecule has 1 saturated heterocycles. The second-order valence-electron chi connectivity index (χ2n) is 5.93. The lowest BCUT2D eigenvalue weighted by atomic mass is 10.1. The van der Waals surface area contributed by atoms with E-state index in [4.69, 9.17) is 4.43 Å². The molecule has 1 N–H and O–H groups in total. The monoisotopic (exact) mass is 215 g/mol. The molecule has 84 valence electrons. The minimum absolute atomic E-state index is 0.346. The lowest BCUT2D eigenvalue weighted by molar-refractivity contribution is 0.237. The first-order valence-corrected chi connectivity index (χ1v) is 8.58. The summed E-state index contributed by atoms with van der Waals surface area (Å²) in [6, 6.07) is 0. The molecule has 0 radical (unpaired) electrons. The Morgan fingerprint density at radius 1 is 1.36 bits per heavy atom. The van der Waals surface area contributed by atoms with E-state index in [0.29, 0.717) is 5.04 Å². The van der Waals surface area contributed by atoms with E-state index in [2.05, 4.69) is 39.2 Å². The average Bonchev–Trinajstić information content (AvgIpc) is 2.50. The third-order valence-corrected chi connectivity index (χ3v) is 8.15. The molecule has 0 spiro atoms. The molecule has 3 heteroatoms. The van der Waals surface area contributed by atoms with Crippen LogP contribution in [0.1, 0.15) is 27.2 Å².